The Morgan fingerprint density at radius 3 is 2.43 bits per heavy atom. The lowest BCUT2D eigenvalue weighted by molar-refractivity contribution is -0.114. The van der Waals surface area contributed by atoms with E-state index in [0.29, 0.717) is 5.13 Å². The van der Waals surface area contributed by atoms with Crippen molar-refractivity contribution in [1.82, 2.24) is 4.98 Å². The quantitative estimate of drug-likeness (QED) is 0.894. The maximum absolute atomic E-state index is 11.2. The highest BCUT2D eigenvalue weighted by molar-refractivity contribution is 7.15. The number of rotatable bonds is 3. The van der Waals surface area contributed by atoms with Gasteiger partial charge in [0.05, 0.1) is 5.69 Å². The Kier molecular flexibility index (Phi) is 4.69. The molecule has 5 heteroatoms. The van der Waals surface area contributed by atoms with Crippen molar-refractivity contribution in [3.8, 4) is 0 Å². The molecule has 0 aliphatic heterocycles. The number of aromatic nitrogens is 1. The molecule has 0 saturated heterocycles. The summed E-state index contributed by atoms with van der Waals surface area (Å²) in [7, 11) is 0. The smallest absolute Gasteiger partial charge is 0.223 e. The molecule has 0 unspecified atom stereocenters. The number of carbonyl (C=O) groups excluding carboxylic acids is 1. The Morgan fingerprint density at radius 1 is 1.29 bits per heavy atom. The number of benzene rings is 1. The zero-order valence-electron chi connectivity index (χ0n) is 12.7. The Bertz CT molecular complexity index is 641. The summed E-state index contributed by atoms with van der Waals surface area (Å²) in [5, 5.41) is 4.18. The van der Waals surface area contributed by atoms with E-state index in [4.69, 9.17) is 11.6 Å². The normalized spacial score (nSPS) is 11.5. The van der Waals surface area contributed by atoms with Crippen molar-refractivity contribution < 1.29 is 4.79 Å². The van der Waals surface area contributed by atoms with E-state index in [0.717, 1.165) is 17.1 Å². The molecule has 21 heavy (non-hydrogen) atoms. The molecule has 1 heterocycles. The first-order valence-corrected chi connectivity index (χ1v) is 7.97. The van der Waals surface area contributed by atoms with E-state index in [-0.39, 0.29) is 11.3 Å². The molecule has 0 saturated carbocycles. The lowest BCUT2D eigenvalue weighted by atomic mass is 9.90. The van der Waals surface area contributed by atoms with Gasteiger partial charge in [-0.1, -0.05) is 44.5 Å². The van der Waals surface area contributed by atoms with Crippen LogP contribution in [0.1, 0.15) is 43.8 Å². The van der Waals surface area contributed by atoms with Gasteiger partial charge in [-0.05, 0) is 17.7 Å². The summed E-state index contributed by atoms with van der Waals surface area (Å²) in [4.78, 5) is 17.0. The predicted molar refractivity (Wildman–Crippen MR) is 89.4 cm³/mol. The molecule has 0 fully saturated rings. The minimum Gasteiger partial charge on any atom is -0.302 e. The highest BCUT2D eigenvalue weighted by Crippen LogP contribution is 2.33. The van der Waals surface area contributed by atoms with Crippen LogP contribution in [-0.4, -0.2) is 10.9 Å². The van der Waals surface area contributed by atoms with Gasteiger partial charge in [0, 0.05) is 28.7 Å². The lowest BCUT2D eigenvalue weighted by Gasteiger charge is -2.17. The van der Waals surface area contributed by atoms with Crippen LogP contribution in [0.25, 0.3) is 0 Å². The third-order valence-electron chi connectivity index (χ3n) is 2.97. The molecule has 1 amide bonds. The molecule has 0 radical (unpaired) electrons. The molecule has 0 bridgehead atoms. The van der Waals surface area contributed by atoms with Crippen LogP contribution in [0.15, 0.2) is 24.3 Å². The van der Waals surface area contributed by atoms with Gasteiger partial charge in [-0.3, -0.25) is 4.79 Å². The summed E-state index contributed by atoms with van der Waals surface area (Å²) in [6.07, 6.45) is 0.793. The van der Waals surface area contributed by atoms with E-state index in [1.165, 1.54) is 28.7 Å². The number of nitrogens with zero attached hydrogens (tertiary/aromatic N) is 1. The van der Waals surface area contributed by atoms with Gasteiger partial charge >= 0.3 is 0 Å². The topological polar surface area (TPSA) is 42.0 Å². The molecule has 1 aromatic carbocycles. The molecular weight excluding hydrogens is 304 g/mol. The molecule has 1 N–H and O–H groups in total. The molecular formula is C16H19ClN2OS. The van der Waals surface area contributed by atoms with Gasteiger partial charge < -0.3 is 5.32 Å². The number of carbonyl (C=O) groups is 1. The zero-order chi connectivity index (χ0) is 15.6. The second-order valence-corrected chi connectivity index (χ2v) is 7.55. The van der Waals surface area contributed by atoms with Gasteiger partial charge in [0.2, 0.25) is 5.91 Å². The number of hydrogen-bond acceptors (Lipinski definition) is 3. The maximum Gasteiger partial charge on any atom is 0.223 e. The Labute approximate surface area is 134 Å². The van der Waals surface area contributed by atoms with Crippen LogP contribution in [0, 0.1) is 0 Å². The van der Waals surface area contributed by atoms with Crippen LogP contribution in [0.3, 0.4) is 0 Å². The molecule has 0 aliphatic carbocycles. The van der Waals surface area contributed by atoms with Gasteiger partial charge in [0.25, 0.3) is 0 Å². The van der Waals surface area contributed by atoms with Crippen LogP contribution in [0.5, 0.6) is 0 Å². The third-order valence-corrected chi connectivity index (χ3v) is 4.19. The first kappa shape index (κ1) is 16.0. The van der Waals surface area contributed by atoms with E-state index in [2.05, 4.69) is 31.1 Å². The summed E-state index contributed by atoms with van der Waals surface area (Å²) in [5.74, 6) is -0.0951. The molecule has 0 atom stereocenters. The van der Waals surface area contributed by atoms with Crippen molar-refractivity contribution in [3.05, 3.63) is 45.4 Å². The number of amides is 1. The van der Waals surface area contributed by atoms with Gasteiger partial charge in [-0.2, -0.15) is 0 Å². The van der Waals surface area contributed by atoms with Gasteiger partial charge in [0.15, 0.2) is 5.13 Å². The maximum atomic E-state index is 11.2. The standard InChI is InChI=1S/C16H19ClN2OS/c1-10(20)18-15-19-14(16(2,3)4)13(21-15)9-11-5-7-12(17)8-6-11/h5-8H,9H2,1-4H3,(H,18,19,20). The van der Waals surface area contributed by atoms with E-state index < -0.39 is 0 Å². The number of thiazole rings is 1. The number of halogens is 1. The molecule has 0 aliphatic rings. The Morgan fingerprint density at radius 2 is 1.90 bits per heavy atom. The van der Waals surface area contributed by atoms with Crippen LogP contribution in [0.4, 0.5) is 5.13 Å². The van der Waals surface area contributed by atoms with Crippen LogP contribution >= 0.6 is 22.9 Å². The summed E-state index contributed by atoms with van der Waals surface area (Å²) in [5.41, 5.74) is 2.16. The minimum atomic E-state index is -0.0951. The molecule has 1 aromatic heterocycles. The van der Waals surface area contributed by atoms with Crippen molar-refractivity contribution in [2.75, 3.05) is 5.32 Å². The first-order valence-electron chi connectivity index (χ1n) is 6.78. The fraction of sp³-hybridized carbons (Fsp3) is 0.375. The van der Waals surface area contributed by atoms with E-state index >= 15 is 0 Å². The first-order chi connectivity index (χ1) is 9.75. The third kappa shape index (κ3) is 4.29. The lowest BCUT2D eigenvalue weighted by Crippen LogP contribution is -2.14. The second kappa shape index (κ2) is 6.16. The fourth-order valence-electron chi connectivity index (χ4n) is 2.05. The summed E-state index contributed by atoms with van der Waals surface area (Å²) in [6.45, 7) is 7.89. The fourth-order valence-corrected chi connectivity index (χ4v) is 3.43. The van der Waals surface area contributed by atoms with Crippen molar-refractivity contribution >= 4 is 34.0 Å². The van der Waals surface area contributed by atoms with Crippen molar-refractivity contribution in [1.29, 1.82) is 0 Å². The summed E-state index contributed by atoms with van der Waals surface area (Å²) >= 11 is 7.46. The largest absolute Gasteiger partial charge is 0.302 e. The van der Waals surface area contributed by atoms with Crippen molar-refractivity contribution in [2.45, 2.75) is 39.5 Å². The monoisotopic (exact) mass is 322 g/mol. The van der Waals surface area contributed by atoms with Crippen molar-refractivity contribution in [3.63, 3.8) is 0 Å². The zero-order valence-corrected chi connectivity index (χ0v) is 14.2. The van der Waals surface area contributed by atoms with E-state index in [1.807, 2.05) is 24.3 Å². The minimum absolute atomic E-state index is 0.0605. The summed E-state index contributed by atoms with van der Waals surface area (Å²) < 4.78 is 0. The highest BCUT2D eigenvalue weighted by atomic mass is 35.5. The number of anilines is 1. The van der Waals surface area contributed by atoms with Gasteiger partial charge in [-0.25, -0.2) is 4.98 Å². The molecule has 2 rings (SSSR count). The molecule has 0 spiro atoms. The average molecular weight is 323 g/mol. The van der Waals surface area contributed by atoms with Gasteiger partial charge in [0.1, 0.15) is 0 Å². The SMILES string of the molecule is CC(=O)Nc1nc(C(C)(C)C)c(Cc2ccc(Cl)cc2)s1. The summed E-state index contributed by atoms with van der Waals surface area (Å²) in [6, 6.07) is 7.83. The highest BCUT2D eigenvalue weighted by Gasteiger charge is 2.23. The van der Waals surface area contributed by atoms with Crippen molar-refractivity contribution in [2.24, 2.45) is 0 Å². The molecule has 3 nitrogen and oxygen atoms in total. The number of hydrogen-bond donors (Lipinski definition) is 1. The number of nitrogens with one attached hydrogen (secondary N) is 1. The van der Waals surface area contributed by atoms with Crippen LogP contribution < -0.4 is 5.32 Å². The van der Waals surface area contributed by atoms with Gasteiger partial charge in [-0.15, -0.1) is 11.3 Å². The van der Waals surface area contributed by atoms with Crippen LogP contribution in [0.2, 0.25) is 5.02 Å². The average Bonchev–Trinajstić information content (AvgIpc) is 2.74. The van der Waals surface area contributed by atoms with E-state index in [1.54, 1.807) is 0 Å². The molecule has 2 aromatic rings. The molecule has 112 valence electrons. The predicted octanol–water partition coefficient (Wildman–Crippen LogP) is 4.64. The van der Waals surface area contributed by atoms with Crippen LogP contribution in [-0.2, 0) is 16.6 Å². The Balaban J connectivity index is 2.34. The Hall–Kier alpha value is -1.39. The van der Waals surface area contributed by atoms with E-state index in [9.17, 15) is 4.79 Å². The second-order valence-electron chi connectivity index (χ2n) is 6.03.